The lowest BCUT2D eigenvalue weighted by atomic mass is 10.5. The number of nitrogens with zero attached hydrogens (tertiary/aromatic N) is 6. The second-order valence-corrected chi connectivity index (χ2v) is 3.48. The summed E-state index contributed by atoms with van der Waals surface area (Å²) in [5.74, 6) is 0.775. The number of hydrogen-bond donors (Lipinski definition) is 1. The normalized spacial score (nSPS) is 11.1. The summed E-state index contributed by atoms with van der Waals surface area (Å²) in [6.45, 7) is 1.79. The molecule has 0 aromatic carbocycles. The molecule has 0 fully saturated rings. The maximum absolute atomic E-state index is 4.18. The molecular weight excluding hydrogens is 194 g/mol. The van der Waals surface area contributed by atoms with Crippen LogP contribution in [0.5, 0.6) is 0 Å². The van der Waals surface area contributed by atoms with Crippen molar-refractivity contribution in [2.45, 2.75) is 0 Å². The average Bonchev–Trinajstić information content (AvgIpc) is 2.64. The molecule has 0 amide bonds. The first-order chi connectivity index (χ1) is 7.25. The van der Waals surface area contributed by atoms with Gasteiger partial charge in [0.05, 0.1) is 0 Å². The molecule has 0 unspecified atom stereocenters. The van der Waals surface area contributed by atoms with Crippen LogP contribution in [0.25, 0.3) is 5.65 Å². The predicted molar refractivity (Wildman–Crippen MR) is 55.6 cm³/mol. The van der Waals surface area contributed by atoms with Crippen LogP contribution in [0.15, 0.2) is 12.1 Å². The second-order valence-electron chi connectivity index (χ2n) is 3.48. The van der Waals surface area contributed by atoms with Gasteiger partial charge in [-0.3, -0.25) is 0 Å². The predicted octanol–water partition coefficient (Wildman–Crippen LogP) is -0.507. The van der Waals surface area contributed by atoms with Gasteiger partial charge in [-0.15, -0.1) is 14.8 Å². The van der Waals surface area contributed by atoms with Crippen molar-refractivity contribution in [1.29, 1.82) is 0 Å². The van der Waals surface area contributed by atoms with E-state index < -0.39 is 0 Å². The van der Waals surface area contributed by atoms with Crippen molar-refractivity contribution in [2.24, 2.45) is 0 Å². The van der Waals surface area contributed by atoms with Crippen molar-refractivity contribution < 1.29 is 0 Å². The van der Waals surface area contributed by atoms with Crippen LogP contribution in [0.4, 0.5) is 5.82 Å². The fourth-order valence-corrected chi connectivity index (χ4v) is 1.15. The zero-order chi connectivity index (χ0) is 10.7. The summed E-state index contributed by atoms with van der Waals surface area (Å²) in [5, 5.41) is 18.4. The Morgan fingerprint density at radius 3 is 3.07 bits per heavy atom. The fourth-order valence-electron chi connectivity index (χ4n) is 1.15. The molecule has 0 aliphatic heterocycles. The van der Waals surface area contributed by atoms with Gasteiger partial charge in [0.15, 0.2) is 5.65 Å². The third kappa shape index (κ3) is 2.38. The first-order valence-electron chi connectivity index (χ1n) is 4.70. The Kier molecular flexibility index (Phi) is 2.72. The van der Waals surface area contributed by atoms with Crippen LogP contribution in [0.3, 0.4) is 0 Å². The second kappa shape index (κ2) is 4.18. The van der Waals surface area contributed by atoms with Crippen LogP contribution in [0.2, 0.25) is 0 Å². The standard InChI is InChI=1S/C8H13N7/c1-14(2)6-5-9-7-3-4-8-10-12-13-15(8)11-7/h3-4H,5-6H2,1-2H3,(H,9,11). The van der Waals surface area contributed by atoms with E-state index in [-0.39, 0.29) is 0 Å². The molecule has 7 nitrogen and oxygen atoms in total. The van der Waals surface area contributed by atoms with Crippen molar-refractivity contribution in [1.82, 2.24) is 30.2 Å². The van der Waals surface area contributed by atoms with Crippen LogP contribution in [0.1, 0.15) is 0 Å². The molecule has 15 heavy (non-hydrogen) atoms. The van der Waals surface area contributed by atoms with Crippen LogP contribution < -0.4 is 5.32 Å². The van der Waals surface area contributed by atoms with Gasteiger partial charge in [0, 0.05) is 13.1 Å². The molecule has 2 heterocycles. The first-order valence-corrected chi connectivity index (χ1v) is 4.70. The topological polar surface area (TPSA) is 71.2 Å². The van der Waals surface area contributed by atoms with Crippen molar-refractivity contribution >= 4 is 11.5 Å². The van der Waals surface area contributed by atoms with E-state index in [2.05, 4.69) is 30.8 Å². The summed E-state index contributed by atoms with van der Waals surface area (Å²) in [4.78, 5) is 2.10. The van der Waals surface area contributed by atoms with Gasteiger partial charge in [0.2, 0.25) is 0 Å². The number of aromatic nitrogens is 5. The molecule has 2 aromatic heterocycles. The Morgan fingerprint density at radius 2 is 2.27 bits per heavy atom. The maximum Gasteiger partial charge on any atom is 0.200 e. The fraction of sp³-hybridized carbons (Fsp3) is 0.500. The molecule has 1 N–H and O–H groups in total. The van der Waals surface area contributed by atoms with E-state index in [4.69, 9.17) is 0 Å². The quantitative estimate of drug-likeness (QED) is 0.728. The van der Waals surface area contributed by atoms with Crippen molar-refractivity contribution in [2.75, 3.05) is 32.5 Å². The Morgan fingerprint density at radius 1 is 1.40 bits per heavy atom. The summed E-state index contributed by atoms with van der Waals surface area (Å²) < 4.78 is 1.40. The Hall–Kier alpha value is -1.76. The van der Waals surface area contributed by atoms with E-state index in [0.29, 0.717) is 5.65 Å². The van der Waals surface area contributed by atoms with E-state index in [1.807, 2.05) is 26.2 Å². The van der Waals surface area contributed by atoms with Gasteiger partial charge in [-0.05, 0) is 36.7 Å². The van der Waals surface area contributed by atoms with Crippen LogP contribution in [-0.4, -0.2) is 57.3 Å². The summed E-state index contributed by atoms with van der Waals surface area (Å²) in [5.41, 5.74) is 0.646. The molecule has 0 radical (unpaired) electrons. The monoisotopic (exact) mass is 207 g/mol. The molecular formula is C8H13N7. The lowest BCUT2D eigenvalue weighted by molar-refractivity contribution is 0.425. The zero-order valence-corrected chi connectivity index (χ0v) is 8.75. The Bertz CT molecular complexity index is 435. The molecule has 80 valence electrons. The van der Waals surface area contributed by atoms with Gasteiger partial charge < -0.3 is 10.2 Å². The molecule has 0 bridgehead atoms. The number of hydrogen-bond acceptors (Lipinski definition) is 6. The third-order valence-electron chi connectivity index (χ3n) is 1.93. The summed E-state index contributed by atoms with van der Waals surface area (Å²) in [6.07, 6.45) is 0. The highest BCUT2D eigenvalue weighted by Gasteiger charge is 1.99. The summed E-state index contributed by atoms with van der Waals surface area (Å²) in [7, 11) is 4.05. The van der Waals surface area contributed by atoms with Gasteiger partial charge in [-0.1, -0.05) is 0 Å². The molecule has 0 saturated heterocycles. The van der Waals surface area contributed by atoms with E-state index in [1.165, 1.54) is 4.63 Å². The number of nitrogens with one attached hydrogen (secondary N) is 1. The smallest absolute Gasteiger partial charge is 0.200 e. The van der Waals surface area contributed by atoms with E-state index in [0.717, 1.165) is 18.9 Å². The largest absolute Gasteiger partial charge is 0.367 e. The maximum atomic E-state index is 4.18. The van der Waals surface area contributed by atoms with Gasteiger partial charge in [-0.25, -0.2) is 0 Å². The molecule has 0 spiro atoms. The number of tetrazole rings is 1. The number of likely N-dealkylation sites (N-methyl/N-ethyl adjacent to an activating group) is 1. The number of anilines is 1. The van der Waals surface area contributed by atoms with Crippen molar-refractivity contribution in [3.8, 4) is 0 Å². The van der Waals surface area contributed by atoms with Gasteiger partial charge in [0.25, 0.3) is 0 Å². The van der Waals surface area contributed by atoms with Crippen LogP contribution in [-0.2, 0) is 0 Å². The van der Waals surface area contributed by atoms with E-state index in [1.54, 1.807) is 0 Å². The molecule has 0 aliphatic rings. The van der Waals surface area contributed by atoms with Gasteiger partial charge in [-0.2, -0.15) is 0 Å². The zero-order valence-electron chi connectivity index (χ0n) is 8.75. The molecule has 0 aliphatic carbocycles. The van der Waals surface area contributed by atoms with E-state index >= 15 is 0 Å². The highest BCUT2D eigenvalue weighted by Crippen LogP contribution is 2.02. The molecule has 0 atom stereocenters. The van der Waals surface area contributed by atoms with Gasteiger partial charge >= 0.3 is 0 Å². The minimum atomic E-state index is 0.646. The molecule has 0 saturated carbocycles. The average molecular weight is 207 g/mol. The van der Waals surface area contributed by atoms with Crippen molar-refractivity contribution in [3.05, 3.63) is 12.1 Å². The first kappa shape index (κ1) is 9.78. The number of fused-ring (bicyclic) bond motifs is 1. The molecule has 2 rings (SSSR count). The summed E-state index contributed by atoms with van der Waals surface area (Å²) in [6, 6.07) is 3.69. The SMILES string of the molecule is CN(C)CCNc1ccc2nnnn2n1. The Balaban J connectivity index is 2.02. The van der Waals surface area contributed by atoms with Gasteiger partial charge in [0.1, 0.15) is 5.82 Å². The van der Waals surface area contributed by atoms with E-state index in [9.17, 15) is 0 Å². The highest BCUT2D eigenvalue weighted by atomic mass is 15.6. The third-order valence-corrected chi connectivity index (χ3v) is 1.93. The minimum Gasteiger partial charge on any atom is -0.367 e. The van der Waals surface area contributed by atoms with Crippen LogP contribution >= 0.6 is 0 Å². The lowest BCUT2D eigenvalue weighted by Crippen LogP contribution is -2.21. The van der Waals surface area contributed by atoms with Crippen LogP contribution in [0, 0.1) is 0 Å². The minimum absolute atomic E-state index is 0.646. The summed E-state index contributed by atoms with van der Waals surface area (Å²) >= 11 is 0. The number of rotatable bonds is 4. The molecule has 7 heteroatoms. The Labute approximate surface area is 87.1 Å². The van der Waals surface area contributed by atoms with Crippen molar-refractivity contribution in [3.63, 3.8) is 0 Å². The molecule has 2 aromatic rings. The lowest BCUT2D eigenvalue weighted by Gasteiger charge is -2.10. The highest BCUT2D eigenvalue weighted by molar-refractivity contribution is 5.41.